The molecule has 0 spiro atoms. The Morgan fingerprint density at radius 3 is 2.33 bits per heavy atom. The van der Waals surface area contributed by atoms with E-state index in [-0.39, 0.29) is 34.3 Å². The third-order valence-electron chi connectivity index (χ3n) is 13.6. The molecule has 5 heteroatoms. The molecule has 0 radical (unpaired) electrons. The van der Waals surface area contributed by atoms with Gasteiger partial charge < -0.3 is 9.47 Å². The van der Waals surface area contributed by atoms with Crippen molar-refractivity contribution in [3.05, 3.63) is 47.0 Å². The van der Waals surface area contributed by atoms with E-state index in [1.807, 2.05) is 37.3 Å². The number of fused-ring (bicyclic) bond motifs is 4. The molecule has 5 nitrogen and oxygen atoms in total. The molecule has 4 aliphatic rings. The molecule has 1 aromatic rings. The summed E-state index contributed by atoms with van der Waals surface area (Å²) in [5, 5.41) is 0. The minimum absolute atomic E-state index is 0.0633. The first-order chi connectivity index (χ1) is 21.7. The Morgan fingerprint density at radius 1 is 0.935 bits per heavy atom. The molecule has 0 N–H and O–H groups in total. The maximum Gasteiger partial charge on any atom is 0.338 e. The van der Waals surface area contributed by atoms with Crippen LogP contribution >= 0.6 is 0 Å². The summed E-state index contributed by atoms with van der Waals surface area (Å²) in [5.74, 6) is 1.79. The summed E-state index contributed by atoms with van der Waals surface area (Å²) in [5.41, 5.74) is 2.44. The second-order valence-corrected chi connectivity index (χ2v) is 16.7. The summed E-state index contributed by atoms with van der Waals surface area (Å²) in [6.07, 6.45) is 10.5. The average Bonchev–Trinajstić information content (AvgIpc) is 3.24. The summed E-state index contributed by atoms with van der Waals surface area (Å²) in [7, 11) is 0. The number of Topliss-reactive ketones (excluding diaryl/α,β-unsaturated/α-hetero) is 1. The monoisotopic (exact) mass is 632 g/mol. The highest BCUT2D eigenvalue weighted by Crippen LogP contribution is 2.73. The van der Waals surface area contributed by atoms with Crippen molar-refractivity contribution >= 4 is 17.7 Å². The zero-order chi connectivity index (χ0) is 33.5. The summed E-state index contributed by atoms with van der Waals surface area (Å²) in [6, 6.07) is 9.33. The first-order valence-corrected chi connectivity index (χ1v) is 18.4. The van der Waals surface area contributed by atoms with E-state index in [1.54, 1.807) is 0 Å². The molecular formula is C41H60O5. The van der Waals surface area contributed by atoms with Crippen LogP contribution in [0, 0.1) is 45.3 Å². The van der Waals surface area contributed by atoms with Gasteiger partial charge >= 0.3 is 11.9 Å². The number of ketones is 1. The lowest BCUT2D eigenvalue weighted by Crippen LogP contribution is -2.57. The minimum Gasteiger partial charge on any atom is -0.466 e. The fraction of sp³-hybridized carbons (Fsp3) is 0.732. The van der Waals surface area contributed by atoms with E-state index in [2.05, 4.69) is 48.5 Å². The van der Waals surface area contributed by atoms with Crippen molar-refractivity contribution in [2.45, 2.75) is 139 Å². The zero-order valence-electron chi connectivity index (χ0n) is 30.0. The number of esters is 2. The van der Waals surface area contributed by atoms with Gasteiger partial charge in [0, 0.05) is 18.3 Å². The van der Waals surface area contributed by atoms with E-state index in [0.29, 0.717) is 60.9 Å². The van der Waals surface area contributed by atoms with Crippen molar-refractivity contribution < 1.29 is 23.9 Å². The topological polar surface area (TPSA) is 69.7 Å². The highest BCUT2D eigenvalue weighted by atomic mass is 16.5. The van der Waals surface area contributed by atoms with E-state index < -0.39 is 5.41 Å². The lowest BCUT2D eigenvalue weighted by Gasteiger charge is -2.62. The fourth-order valence-corrected chi connectivity index (χ4v) is 11.3. The van der Waals surface area contributed by atoms with Crippen LogP contribution < -0.4 is 0 Å². The van der Waals surface area contributed by atoms with Gasteiger partial charge in [0.05, 0.1) is 17.6 Å². The number of carbonyl (C=O) groups is 3. The number of hydrogen-bond acceptors (Lipinski definition) is 5. The largest absolute Gasteiger partial charge is 0.466 e. The molecular weight excluding hydrogens is 572 g/mol. The summed E-state index contributed by atoms with van der Waals surface area (Å²) >= 11 is 0. The van der Waals surface area contributed by atoms with Crippen LogP contribution in [0.1, 0.15) is 143 Å². The Balaban J connectivity index is 1.49. The Labute approximate surface area is 278 Å². The van der Waals surface area contributed by atoms with Gasteiger partial charge in [-0.3, -0.25) is 9.59 Å². The smallest absolute Gasteiger partial charge is 0.338 e. The molecule has 46 heavy (non-hydrogen) atoms. The Hall–Kier alpha value is -2.43. The third-order valence-corrected chi connectivity index (χ3v) is 13.6. The molecule has 1 unspecified atom stereocenters. The molecule has 0 amide bonds. The van der Waals surface area contributed by atoms with Crippen LogP contribution in [0.4, 0.5) is 0 Å². The molecule has 0 heterocycles. The summed E-state index contributed by atoms with van der Waals surface area (Å²) < 4.78 is 11.7. The predicted molar refractivity (Wildman–Crippen MR) is 183 cm³/mol. The first kappa shape index (κ1) is 34.9. The lowest BCUT2D eigenvalue weighted by atomic mass is 9.42. The second-order valence-electron chi connectivity index (χ2n) is 16.7. The van der Waals surface area contributed by atoms with Gasteiger partial charge in [-0.15, -0.1) is 0 Å². The highest BCUT2D eigenvalue weighted by Gasteiger charge is 2.68. The van der Waals surface area contributed by atoms with Crippen LogP contribution in [0.15, 0.2) is 41.5 Å². The van der Waals surface area contributed by atoms with Crippen molar-refractivity contribution in [1.82, 2.24) is 0 Å². The molecule has 4 aliphatic carbocycles. The van der Waals surface area contributed by atoms with E-state index in [9.17, 15) is 14.4 Å². The number of allylic oxidation sites excluding steroid dienone is 2. The van der Waals surface area contributed by atoms with Gasteiger partial charge in [-0.05, 0) is 98.5 Å². The number of rotatable bonds is 11. The van der Waals surface area contributed by atoms with Crippen LogP contribution in [0.3, 0.4) is 0 Å². The van der Waals surface area contributed by atoms with Crippen molar-refractivity contribution in [3.8, 4) is 0 Å². The molecule has 0 bridgehead atoms. The summed E-state index contributed by atoms with van der Waals surface area (Å²) in [6.45, 7) is 18.6. The highest BCUT2D eigenvalue weighted by molar-refractivity contribution is 5.93. The lowest BCUT2D eigenvalue weighted by molar-refractivity contribution is -0.145. The Bertz CT molecular complexity index is 1330. The van der Waals surface area contributed by atoms with E-state index in [0.717, 1.165) is 44.9 Å². The standard InChI is InChI=1S/C41H60O5/c1-9-45-36(43)22-25-41-31-18-19-33-38(5,6)35(46-37(44)29-16-11-10-12-17-29)21-23-39(33,7)30(31)20-24-40(41,8)32(26-34(41)42)28(4)15-13-14-27(2)3/h10-12,16-17,27-28,32-33,35H,9,13-15,18-26H2,1-8H3/t28-,32-,33?,35+,39-,40-,41-/m1/s1. The maximum atomic E-state index is 14.7. The van der Waals surface area contributed by atoms with E-state index in [1.165, 1.54) is 24.0 Å². The predicted octanol–water partition coefficient (Wildman–Crippen LogP) is 9.93. The van der Waals surface area contributed by atoms with E-state index in [4.69, 9.17) is 9.47 Å². The van der Waals surface area contributed by atoms with Crippen molar-refractivity contribution in [3.63, 3.8) is 0 Å². The maximum absolute atomic E-state index is 14.7. The number of hydrogen-bond donors (Lipinski definition) is 0. The Morgan fingerprint density at radius 2 is 1.65 bits per heavy atom. The molecule has 2 fully saturated rings. The van der Waals surface area contributed by atoms with Crippen molar-refractivity contribution in [2.24, 2.45) is 45.3 Å². The number of benzene rings is 1. The molecule has 0 aromatic heterocycles. The average molecular weight is 633 g/mol. The molecule has 254 valence electrons. The molecule has 7 atom stereocenters. The number of ether oxygens (including phenoxy) is 2. The van der Waals surface area contributed by atoms with Crippen molar-refractivity contribution in [1.29, 1.82) is 0 Å². The minimum atomic E-state index is -0.598. The SMILES string of the molecule is CCOC(=O)CC[C@@]12C(=O)C[C@H]([C@H](C)CCCC(C)C)[C@@]1(C)CCC1=C2CCC2C(C)(C)[C@@H](OC(=O)c3ccccc3)CC[C@]12C. The molecule has 5 rings (SSSR count). The number of carbonyl (C=O) groups excluding carboxylic acids is 3. The van der Waals surface area contributed by atoms with Gasteiger partial charge in [-0.1, -0.05) is 97.1 Å². The molecule has 0 aliphatic heterocycles. The van der Waals surface area contributed by atoms with Crippen LogP contribution in [0.2, 0.25) is 0 Å². The van der Waals surface area contributed by atoms with E-state index >= 15 is 0 Å². The quantitative estimate of drug-likeness (QED) is 0.179. The van der Waals surface area contributed by atoms with Crippen LogP contribution in [-0.2, 0) is 19.1 Å². The Kier molecular flexibility index (Phi) is 10.0. The van der Waals surface area contributed by atoms with Gasteiger partial charge in [0.15, 0.2) is 0 Å². The molecule has 2 saturated carbocycles. The van der Waals surface area contributed by atoms with Gasteiger partial charge in [0.1, 0.15) is 11.9 Å². The molecule has 1 aromatic carbocycles. The van der Waals surface area contributed by atoms with Crippen molar-refractivity contribution in [2.75, 3.05) is 6.61 Å². The first-order valence-electron chi connectivity index (χ1n) is 18.4. The van der Waals surface area contributed by atoms with Gasteiger partial charge in [-0.25, -0.2) is 4.79 Å². The summed E-state index contributed by atoms with van der Waals surface area (Å²) in [4.78, 5) is 40.7. The van der Waals surface area contributed by atoms with Gasteiger partial charge in [-0.2, -0.15) is 0 Å². The fourth-order valence-electron chi connectivity index (χ4n) is 11.3. The van der Waals surface area contributed by atoms with Gasteiger partial charge in [0.2, 0.25) is 0 Å². The second kappa shape index (κ2) is 13.2. The molecule has 0 saturated heterocycles. The van der Waals surface area contributed by atoms with Gasteiger partial charge in [0.25, 0.3) is 0 Å². The third kappa shape index (κ3) is 5.80. The van der Waals surface area contributed by atoms with Crippen LogP contribution in [0.25, 0.3) is 0 Å². The van der Waals surface area contributed by atoms with Crippen LogP contribution in [-0.4, -0.2) is 30.4 Å². The normalized spacial score (nSPS) is 34.0. The van der Waals surface area contributed by atoms with Crippen LogP contribution in [0.5, 0.6) is 0 Å². The zero-order valence-corrected chi connectivity index (χ0v) is 30.0.